The van der Waals surface area contributed by atoms with Crippen molar-refractivity contribution in [2.24, 2.45) is 0 Å². The third-order valence-corrected chi connectivity index (χ3v) is 3.79. The number of aryl methyl sites for hydroxylation is 1. The van der Waals surface area contributed by atoms with Gasteiger partial charge in [-0.2, -0.15) is 0 Å². The summed E-state index contributed by atoms with van der Waals surface area (Å²) in [6, 6.07) is 8.71. The van der Waals surface area contributed by atoms with Gasteiger partial charge in [0.25, 0.3) is 0 Å². The van der Waals surface area contributed by atoms with Gasteiger partial charge in [0.15, 0.2) is 0 Å². The molecular formula is C13H10ClNO2S. The number of carbonyl (C=O) groups is 1. The fraction of sp³-hybridized carbons (Fsp3) is 0.0769. The molecule has 5 heteroatoms. The highest BCUT2D eigenvalue weighted by Gasteiger charge is 2.09. The average molecular weight is 280 g/mol. The number of aromatic carboxylic acids is 1. The molecule has 2 aromatic rings. The van der Waals surface area contributed by atoms with Crippen LogP contribution in [0.2, 0.25) is 5.02 Å². The molecule has 92 valence electrons. The first-order chi connectivity index (χ1) is 8.58. The van der Waals surface area contributed by atoms with Crippen molar-refractivity contribution in [3.8, 4) is 0 Å². The van der Waals surface area contributed by atoms with Gasteiger partial charge in [-0.1, -0.05) is 23.4 Å². The van der Waals surface area contributed by atoms with Crippen molar-refractivity contribution in [2.75, 3.05) is 0 Å². The SMILES string of the molecule is Cc1cc(Sc2ncccc2Cl)ccc1C(=O)O. The minimum atomic E-state index is -0.917. The Balaban J connectivity index is 2.29. The quantitative estimate of drug-likeness (QED) is 0.926. The van der Waals surface area contributed by atoms with Gasteiger partial charge in [0, 0.05) is 11.1 Å². The largest absolute Gasteiger partial charge is 0.478 e. The molecule has 0 radical (unpaired) electrons. The molecule has 18 heavy (non-hydrogen) atoms. The minimum Gasteiger partial charge on any atom is -0.478 e. The molecule has 0 amide bonds. The standard InChI is InChI=1S/C13H10ClNO2S/c1-8-7-9(4-5-10(8)13(16)17)18-12-11(14)3-2-6-15-12/h2-7H,1H3,(H,16,17). The van der Waals surface area contributed by atoms with E-state index >= 15 is 0 Å². The Morgan fingerprint density at radius 1 is 1.39 bits per heavy atom. The van der Waals surface area contributed by atoms with Crippen molar-refractivity contribution in [1.82, 2.24) is 4.98 Å². The fourth-order valence-corrected chi connectivity index (χ4v) is 2.61. The summed E-state index contributed by atoms with van der Waals surface area (Å²) in [5, 5.41) is 10.2. The summed E-state index contributed by atoms with van der Waals surface area (Å²) < 4.78 is 0. The van der Waals surface area contributed by atoms with Gasteiger partial charge < -0.3 is 5.11 Å². The number of benzene rings is 1. The topological polar surface area (TPSA) is 50.2 Å². The van der Waals surface area contributed by atoms with E-state index in [2.05, 4.69) is 4.98 Å². The normalized spacial score (nSPS) is 10.3. The van der Waals surface area contributed by atoms with Gasteiger partial charge in [0.2, 0.25) is 0 Å². The van der Waals surface area contributed by atoms with Crippen LogP contribution < -0.4 is 0 Å². The van der Waals surface area contributed by atoms with Crippen molar-refractivity contribution in [2.45, 2.75) is 16.8 Å². The Kier molecular flexibility index (Phi) is 3.89. The van der Waals surface area contributed by atoms with Gasteiger partial charge in [-0.15, -0.1) is 0 Å². The molecule has 1 heterocycles. The van der Waals surface area contributed by atoms with E-state index in [1.165, 1.54) is 11.8 Å². The van der Waals surface area contributed by atoms with Crippen LogP contribution in [0.15, 0.2) is 46.5 Å². The minimum absolute atomic E-state index is 0.312. The molecule has 0 fully saturated rings. The molecule has 0 bridgehead atoms. The maximum absolute atomic E-state index is 10.9. The summed E-state index contributed by atoms with van der Waals surface area (Å²) in [6.45, 7) is 1.77. The fourth-order valence-electron chi connectivity index (χ4n) is 1.50. The molecule has 0 aliphatic carbocycles. The zero-order valence-electron chi connectivity index (χ0n) is 9.55. The molecular weight excluding hydrogens is 270 g/mol. The van der Waals surface area contributed by atoms with Gasteiger partial charge in [-0.3, -0.25) is 0 Å². The maximum atomic E-state index is 10.9. The number of carboxylic acid groups (broad SMARTS) is 1. The van der Waals surface area contributed by atoms with E-state index in [1.54, 1.807) is 37.4 Å². The number of hydrogen-bond donors (Lipinski definition) is 1. The third kappa shape index (κ3) is 2.83. The smallest absolute Gasteiger partial charge is 0.335 e. The lowest BCUT2D eigenvalue weighted by Crippen LogP contribution is -1.99. The Bertz CT molecular complexity index is 601. The number of aromatic nitrogens is 1. The van der Waals surface area contributed by atoms with Gasteiger partial charge in [-0.25, -0.2) is 9.78 Å². The zero-order valence-corrected chi connectivity index (χ0v) is 11.1. The van der Waals surface area contributed by atoms with E-state index in [1.807, 2.05) is 6.07 Å². The Morgan fingerprint density at radius 2 is 2.17 bits per heavy atom. The van der Waals surface area contributed by atoms with Crippen molar-refractivity contribution < 1.29 is 9.90 Å². The molecule has 0 saturated carbocycles. The molecule has 1 N–H and O–H groups in total. The van der Waals surface area contributed by atoms with Crippen molar-refractivity contribution in [1.29, 1.82) is 0 Å². The second-order valence-corrected chi connectivity index (χ2v) is 5.14. The second-order valence-electron chi connectivity index (χ2n) is 3.67. The zero-order chi connectivity index (χ0) is 13.1. The van der Waals surface area contributed by atoms with E-state index in [0.29, 0.717) is 15.6 Å². The van der Waals surface area contributed by atoms with E-state index in [0.717, 1.165) is 10.5 Å². The van der Waals surface area contributed by atoms with Crippen LogP contribution in [0.5, 0.6) is 0 Å². The van der Waals surface area contributed by atoms with Gasteiger partial charge in [0.1, 0.15) is 5.03 Å². The summed E-state index contributed by atoms with van der Waals surface area (Å²) in [7, 11) is 0. The summed E-state index contributed by atoms with van der Waals surface area (Å²) in [5.41, 5.74) is 1.03. The number of hydrogen-bond acceptors (Lipinski definition) is 3. The molecule has 0 aliphatic heterocycles. The molecule has 0 atom stereocenters. The summed E-state index contributed by atoms with van der Waals surface area (Å²) in [5.74, 6) is -0.917. The molecule has 1 aromatic heterocycles. The van der Waals surface area contributed by atoms with Crippen LogP contribution in [0, 0.1) is 6.92 Å². The van der Waals surface area contributed by atoms with E-state index in [-0.39, 0.29) is 0 Å². The van der Waals surface area contributed by atoms with Crippen LogP contribution in [-0.2, 0) is 0 Å². The molecule has 0 spiro atoms. The average Bonchev–Trinajstić information content (AvgIpc) is 2.32. The van der Waals surface area contributed by atoms with Crippen LogP contribution >= 0.6 is 23.4 Å². The highest BCUT2D eigenvalue weighted by atomic mass is 35.5. The first-order valence-electron chi connectivity index (χ1n) is 5.20. The van der Waals surface area contributed by atoms with Crippen molar-refractivity contribution >= 4 is 29.3 Å². The monoisotopic (exact) mass is 279 g/mol. The van der Waals surface area contributed by atoms with Gasteiger partial charge in [0.05, 0.1) is 10.6 Å². The van der Waals surface area contributed by atoms with Crippen molar-refractivity contribution in [3.05, 3.63) is 52.7 Å². The Labute approximate surface area is 114 Å². The molecule has 3 nitrogen and oxygen atoms in total. The third-order valence-electron chi connectivity index (χ3n) is 2.37. The summed E-state index contributed by atoms with van der Waals surface area (Å²) in [4.78, 5) is 16.0. The molecule has 1 aromatic carbocycles. The highest BCUT2D eigenvalue weighted by molar-refractivity contribution is 7.99. The number of nitrogens with zero attached hydrogens (tertiary/aromatic N) is 1. The molecule has 0 saturated heterocycles. The van der Waals surface area contributed by atoms with Gasteiger partial charge >= 0.3 is 5.97 Å². The summed E-state index contributed by atoms with van der Waals surface area (Å²) in [6.07, 6.45) is 1.67. The highest BCUT2D eigenvalue weighted by Crippen LogP contribution is 2.32. The first-order valence-corrected chi connectivity index (χ1v) is 6.39. The number of rotatable bonds is 3. The predicted octanol–water partition coefficient (Wildman–Crippen LogP) is 3.89. The van der Waals surface area contributed by atoms with Crippen LogP contribution in [0.4, 0.5) is 0 Å². The van der Waals surface area contributed by atoms with Gasteiger partial charge in [-0.05, 0) is 42.8 Å². The first kappa shape index (κ1) is 12.9. The number of halogens is 1. The lowest BCUT2D eigenvalue weighted by Gasteiger charge is -2.05. The second kappa shape index (κ2) is 5.42. The lowest BCUT2D eigenvalue weighted by molar-refractivity contribution is 0.0696. The van der Waals surface area contributed by atoms with E-state index in [9.17, 15) is 4.79 Å². The summed E-state index contributed by atoms with van der Waals surface area (Å²) >= 11 is 7.43. The van der Waals surface area contributed by atoms with Crippen LogP contribution in [0.1, 0.15) is 15.9 Å². The van der Waals surface area contributed by atoms with Crippen LogP contribution in [0.3, 0.4) is 0 Å². The van der Waals surface area contributed by atoms with E-state index < -0.39 is 5.97 Å². The number of carboxylic acids is 1. The number of pyridine rings is 1. The van der Waals surface area contributed by atoms with Crippen LogP contribution in [0.25, 0.3) is 0 Å². The molecule has 2 rings (SSSR count). The maximum Gasteiger partial charge on any atom is 0.335 e. The Morgan fingerprint density at radius 3 is 2.78 bits per heavy atom. The molecule has 0 unspecified atom stereocenters. The predicted molar refractivity (Wildman–Crippen MR) is 71.5 cm³/mol. The van der Waals surface area contributed by atoms with Crippen molar-refractivity contribution in [3.63, 3.8) is 0 Å². The molecule has 0 aliphatic rings. The van der Waals surface area contributed by atoms with Crippen LogP contribution in [-0.4, -0.2) is 16.1 Å². The lowest BCUT2D eigenvalue weighted by atomic mass is 10.1. The van der Waals surface area contributed by atoms with E-state index in [4.69, 9.17) is 16.7 Å². The Hall–Kier alpha value is -1.52.